The molecule has 1 saturated carbocycles. The smallest absolute Gasteiger partial charge is 0.312 e. The number of aliphatic carboxylic acids is 1. The second-order valence-electron chi connectivity index (χ2n) is 5.00. The maximum absolute atomic E-state index is 11.5. The molecule has 0 aliphatic heterocycles. The van der Waals surface area contributed by atoms with Gasteiger partial charge in [0.1, 0.15) is 0 Å². The van der Waals surface area contributed by atoms with Gasteiger partial charge in [-0.1, -0.05) is 40.2 Å². The van der Waals surface area contributed by atoms with E-state index < -0.39 is 17.5 Å². The first kappa shape index (κ1) is 13.6. The fourth-order valence-electron chi connectivity index (χ4n) is 2.70. The van der Waals surface area contributed by atoms with Crippen molar-refractivity contribution in [3.63, 3.8) is 0 Å². The molecule has 2 rings (SSSR count). The first-order valence-corrected chi connectivity index (χ1v) is 7.26. The number of hydrogen-bond acceptors (Lipinski definition) is 2. The van der Waals surface area contributed by atoms with Crippen LogP contribution >= 0.6 is 15.9 Å². The Balaban J connectivity index is 2.21. The van der Waals surface area contributed by atoms with Crippen LogP contribution < -0.4 is 0 Å². The maximum Gasteiger partial charge on any atom is 0.312 e. The van der Waals surface area contributed by atoms with Crippen LogP contribution in [-0.4, -0.2) is 22.3 Å². The molecule has 1 aliphatic carbocycles. The van der Waals surface area contributed by atoms with Crippen LogP contribution in [-0.2, 0) is 16.5 Å². The van der Waals surface area contributed by atoms with Crippen LogP contribution in [0.15, 0.2) is 24.3 Å². The van der Waals surface area contributed by atoms with E-state index in [1.807, 2.05) is 24.3 Å². The highest BCUT2D eigenvalue weighted by molar-refractivity contribution is 9.08. The van der Waals surface area contributed by atoms with Gasteiger partial charge in [-0.05, 0) is 36.8 Å². The van der Waals surface area contributed by atoms with Crippen molar-refractivity contribution in [3.05, 3.63) is 35.4 Å². The Labute approximate surface area is 115 Å². The first-order valence-electron chi connectivity index (χ1n) is 6.14. The Morgan fingerprint density at radius 2 is 1.94 bits per heavy atom. The van der Waals surface area contributed by atoms with Crippen LogP contribution in [0.3, 0.4) is 0 Å². The van der Waals surface area contributed by atoms with Crippen LogP contribution in [0, 0.1) is 5.41 Å². The lowest BCUT2D eigenvalue weighted by Crippen LogP contribution is -2.40. The Morgan fingerprint density at radius 3 is 2.39 bits per heavy atom. The van der Waals surface area contributed by atoms with Gasteiger partial charge in [-0.3, -0.25) is 4.79 Å². The van der Waals surface area contributed by atoms with Crippen molar-refractivity contribution in [1.29, 1.82) is 0 Å². The number of carboxylic acid groups (broad SMARTS) is 1. The molecule has 1 aromatic rings. The summed E-state index contributed by atoms with van der Waals surface area (Å²) in [4.78, 5) is 11.5. The third kappa shape index (κ3) is 2.45. The summed E-state index contributed by atoms with van der Waals surface area (Å²) >= 11 is 3.38. The Kier molecular flexibility index (Phi) is 4.07. The lowest BCUT2D eigenvalue weighted by atomic mass is 9.78. The van der Waals surface area contributed by atoms with Gasteiger partial charge in [0.25, 0.3) is 0 Å². The molecule has 2 N–H and O–H groups in total. The van der Waals surface area contributed by atoms with E-state index >= 15 is 0 Å². The minimum absolute atomic E-state index is 0.409. The van der Waals surface area contributed by atoms with E-state index in [1.165, 1.54) is 0 Å². The molecule has 3 nitrogen and oxygen atoms in total. The Hall–Kier alpha value is -0.870. The van der Waals surface area contributed by atoms with Gasteiger partial charge in [0.05, 0.1) is 11.5 Å². The number of halogens is 1. The second-order valence-corrected chi connectivity index (χ2v) is 5.56. The molecule has 0 amide bonds. The molecule has 0 aromatic heterocycles. The third-order valence-electron chi connectivity index (χ3n) is 3.86. The van der Waals surface area contributed by atoms with Gasteiger partial charge in [0.2, 0.25) is 0 Å². The summed E-state index contributed by atoms with van der Waals surface area (Å²) in [6.07, 6.45) is 1.61. The van der Waals surface area contributed by atoms with E-state index in [0.29, 0.717) is 19.3 Å². The average molecular weight is 313 g/mol. The summed E-state index contributed by atoms with van der Waals surface area (Å²) in [6.45, 7) is 0. The molecule has 1 fully saturated rings. The fourth-order valence-corrected chi connectivity index (χ4v) is 3.07. The predicted molar refractivity (Wildman–Crippen MR) is 72.7 cm³/mol. The molecular weight excluding hydrogens is 296 g/mol. The van der Waals surface area contributed by atoms with Crippen molar-refractivity contribution in [3.8, 4) is 0 Å². The normalized spacial score (nSPS) is 27.3. The van der Waals surface area contributed by atoms with Crippen molar-refractivity contribution < 1.29 is 15.0 Å². The summed E-state index contributed by atoms with van der Waals surface area (Å²) in [5.41, 5.74) is 1.15. The average Bonchev–Trinajstić information content (AvgIpc) is 2.73. The Morgan fingerprint density at radius 1 is 1.33 bits per heavy atom. The van der Waals surface area contributed by atoms with E-state index in [1.54, 1.807) is 0 Å². The molecule has 2 unspecified atom stereocenters. The zero-order valence-electron chi connectivity index (χ0n) is 10.1. The zero-order chi connectivity index (χ0) is 13.2. The van der Waals surface area contributed by atoms with Crippen molar-refractivity contribution in [2.45, 2.75) is 37.1 Å². The number of rotatable bonds is 4. The topological polar surface area (TPSA) is 57.5 Å². The van der Waals surface area contributed by atoms with Crippen LogP contribution in [0.4, 0.5) is 0 Å². The second kappa shape index (κ2) is 5.41. The van der Waals surface area contributed by atoms with Crippen LogP contribution in [0.1, 0.15) is 30.4 Å². The fraction of sp³-hybridized carbons (Fsp3) is 0.500. The molecular formula is C14H17BrO3. The lowest BCUT2D eigenvalue weighted by molar-refractivity contribution is -0.154. The number of benzene rings is 1. The van der Waals surface area contributed by atoms with Gasteiger partial charge >= 0.3 is 5.97 Å². The molecule has 98 valence electrons. The van der Waals surface area contributed by atoms with E-state index in [9.17, 15) is 15.0 Å². The molecule has 0 heterocycles. The van der Waals surface area contributed by atoms with Crippen molar-refractivity contribution in [1.82, 2.24) is 0 Å². The highest BCUT2D eigenvalue weighted by Crippen LogP contribution is 2.41. The van der Waals surface area contributed by atoms with E-state index in [4.69, 9.17) is 0 Å². The SMILES string of the molecule is O=C(O)C1(Cc2ccc(CBr)cc2)CCCC1O. The minimum Gasteiger partial charge on any atom is -0.481 e. The van der Waals surface area contributed by atoms with E-state index in [0.717, 1.165) is 22.9 Å². The summed E-state index contributed by atoms with van der Waals surface area (Å²) in [5.74, 6) is -0.878. The minimum atomic E-state index is -0.990. The van der Waals surface area contributed by atoms with Gasteiger partial charge in [0, 0.05) is 5.33 Å². The summed E-state index contributed by atoms with van der Waals surface area (Å²) in [6, 6.07) is 7.88. The Bertz CT molecular complexity index is 429. The number of alkyl halides is 1. The van der Waals surface area contributed by atoms with Crippen molar-refractivity contribution in [2.24, 2.45) is 5.41 Å². The highest BCUT2D eigenvalue weighted by atomic mass is 79.9. The van der Waals surface area contributed by atoms with Crippen LogP contribution in [0.2, 0.25) is 0 Å². The molecule has 2 atom stereocenters. The molecule has 0 radical (unpaired) electrons. The molecule has 18 heavy (non-hydrogen) atoms. The van der Waals surface area contributed by atoms with Crippen molar-refractivity contribution in [2.75, 3.05) is 0 Å². The van der Waals surface area contributed by atoms with Gasteiger partial charge < -0.3 is 10.2 Å². The van der Waals surface area contributed by atoms with Gasteiger partial charge in [-0.2, -0.15) is 0 Å². The molecule has 0 bridgehead atoms. The zero-order valence-corrected chi connectivity index (χ0v) is 11.7. The third-order valence-corrected chi connectivity index (χ3v) is 4.51. The maximum atomic E-state index is 11.5. The molecule has 0 saturated heterocycles. The summed E-state index contributed by atoms with van der Waals surface area (Å²) in [5, 5.41) is 20.2. The van der Waals surface area contributed by atoms with E-state index in [2.05, 4.69) is 15.9 Å². The number of aliphatic hydroxyl groups excluding tert-OH is 1. The van der Waals surface area contributed by atoms with E-state index in [-0.39, 0.29) is 0 Å². The van der Waals surface area contributed by atoms with Gasteiger partial charge in [0.15, 0.2) is 0 Å². The number of hydrogen-bond donors (Lipinski definition) is 2. The van der Waals surface area contributed by atoms with Crippen LogP contribution in [0.25, 0.3) is 0 Å². The number of aliphatic hydroxyl groups is 1. The number of carboxylic acids is 1. The standard InChI is InChI=1S/C14H17BrO3/c15-9-11-5-3-10(4-6-11)8-14(13(17)18)7-1-2-12(14)16/h3-6,12,16H,1-2,7-9H2,(H,17,18). The lowest BCUT2D eigenvalue weighted by Gasteiger charge is -2.28. The monoisotopic (exact) mass is 312 g/mol. The summed E-state index contributed by atoms with van der Waals surface area (Å²) < 4.78 is 0. The quantitative estimate of drug-likeness (QED) is 0.840. The van der Waals surface area contributed by atoms with Crippen molar-refractivity contribution >= 4 is 21.9 Å². The highest BCUT2D eigenvalue weighted by Gasteiger charge is 2.48. The largest absolute Gasteiger partial charge is 0.481 e. The van der Waals surface area contributed by atoms with Gasteiger partial charge in [-0.15, -0.1) is 0 Å². The number of carbonyl (C=O) groups is 1. The van der Waals surface area contributed by atoms with Gasteiger partial charge in [-0.25, -0.2) is 0 Å². The predicted octanol–water partition coefficient (Wildman–Crippen LogP) is 2.74. The van der Waals surface area contributed by atoms with Crippen LogP contribution in [0.5, 0.6) is 0 Å². The summed E-state index contributed by atoms with van der Waals surface area (Å²) in [7, 11) is 0. The molecule has 0 spiro atoms. The first-order chi connectivity index (χ1) is 8.58. The molecule has 1 aromatic carbocycles. The molecule has 1 aliphatic rings. The molecule has 4 heteroatoms.